The molecule has 1 aliphatic rings. The second kappa shape index (κ2) is 4.49. The van der Waals surface area contributed by atoms with Gasteiger partial charge in [-0.05, 0) is 25.0 Å². The van der Waals surface area contributed by atoms with Crippen molar-refractivity contribution < 1.29 is 0 Å². The van der Waals surface area contributed by atoms with Crippen LogP contribution in [0.3, 0.4) is 0 Å². The van der Waals surface area contributed by atoms with Crippen molar-refractivity contribution in [1.82, 2.24) is 14.8 Å². The molecule has 0 bridgehead atoms. The summed E-state index contributed by atoms with van der Waals surface area (Å²) in [6.45, 7) is 0. The number of anilines is 1. The summed E-state index contributed by atoms with van der Waals surface area (Å²) in [6.07, 6.45) is 8.34. The Hall–Kier alpha value is -1.36. The maximum absolute atomic E-state index is 5.77. The Balaban J connectivity index is 1.93. The van der Waals surface area contributed by atoms with Crippen LogP contribution < -0.4 is 5.73 Å². The van der Waals surface area contributed by atoms with Crippen LogP contribution in [0.15, 0.2) is 18.5 Å². The Labute approximate surface area is 104 Å². The van der Waals surface area contributed by atoms with Crippen LogP contribution >= 0.6 is 11.3 Å². The maximum Gasteiger partial charge on any atom is 0.174 e. The van der Waals surface area contributed by atoms with E-state index in [1.54, 1.807) is 11.3 Å². The molecular weight excluding hydrogens is 232 g/mol. The number of rotatable bonds is 2. The van der Waals surface area contributed by atoms with Crippen LogP contribution in [-0.2, 0) is 0 Å². The van der Waals surface area contributed by atoms with E-state index in [2.05, 4.69) is 14.8 Å². The first-order valence-electron chi connectivity index (χ1n) is 6.10. The van der Waals surface area contributed by atoms with Crippen LogP contribution in [0.1, 0.15) is 38.1 Å². The third-order valence-corrected chi connectivity index (χ3v) is 4.30. The molecule has 0 saturated heterocycles. The minimum atomic E-state index is 0.567. The molecule has 1 fully saturated rings. The minimum Gasteiger partial charge on any atom is -0.391 e. The number of aromatic nitrogens is 3. The normalized spacial score (nSPS) is 17.4. The molecule has 5 heteroatoms. The van der Waals surface area contributed by atoms with Crippen LogP contribution in [0.5, 0.6) is 0 Å². The highest BCUT2D eigenvalue weighted by molar-refractivity contribution is 7.19. The van der Waals surface area contributed by atoms with Gasteiger partial charge in [-0.2, -0.15) is 0 Å². The fourth-order valence-corrected chi connectivity index (χ4v) is 3.28. The van der Waals surface area contributed by atoms with Gasteiger partial charge in [0.2, 0.25) is 0 Å². The van der Waals surface area contributed by atoms with Crippen molar-refractivity contribution in [2.75, 3.05) is 5.73 Å². The lowest BCUT2D eigenvalue weighted by atomic mass is 9.95. The van der Waals surface area contributed by atoms with Gasteiger partial charge in [0.1, 0.15) is 6.33 Å². The first kappa shape index (κ1) is 10.8. The highest BCUT2D eigenvalue weighted by Gasteiger charge is 2.19. The topological polar surface area (TPSA) is 56.7 Å². The van der Waals surface area contributed by atoms with E-state index in [0.717, 1.165) is 15.7 Å². The van der Waals surface area contributed by atoms with Crippen LogP contribution in [0.2, 0.25) is 0 Å². The van der Waals surface area contributed by atoms with Gasteiger partial charge in [-0.1, -0.05) is 19.3 Å². The molecule has 0 aromatic carbocycles. The molecular formula is C12H16N4S. The van der Waals surface area contributed by atoms with Gasteiger partial charge in [0.15, 0.2) is 5.82 Å². The van der Waals surface area contributed by atoms with E-state index in [9.17, 15) is 0 Å². The van der Waals surface area contributed by atoms with E-state index >= 15 is 0 Å². The number of thiophene rings is 1. The molecule has 2 heterocycles. The van der Waals surface area contributed by atoms with Gasteiger partial charge in [0.25, 0.3) is 0 Å². The molecule has 1 saturated carbocycles. The Morgan fingerprint density at radius 2 is 2.06 bits per heavy atom. The van der Waals surface area contributed by atoms with Crippen molar-refractivity contribution in [3.63, 3.8) is 0 Å². The Kier molecular flexibility index (Phi) is 2.84. The summed E-state index contributed by atoms with van der Waals surface area (Å²) in [5, 5.41) is 9.14. The third kappa shape index (κ3) is 2.07. The molecule has 0 radical (unpaired) electrons. The summed E-state index contributed by atoms with van der Waals surface area (Å²) in [7, 11) is 0. The van der Waals surface area contributed by atoms with Crippen molar-refractivity contribution in [3.05, 3.63) is 18.5 Å². The van der Waals surface area contributed by atoms with E-state index in [-0.39, 0.29) is 0 Å². The number of nitrogens with two attached hydrogens (primary N) is 1. The zero-order valence-electron chi connectivity index (χ0n) is 9.67. The number of hydrogen-bond acceptors (Lipinski definition) is 4. The minimum absolute atomic E-state index is 0.567. The summed E-state index contributed by atoms with van der Waals surface area (Å²) in [5.41, 5.74) is 5.77. The lowest BCUT2D eigenvalue weighted by Crippen LogP contribution is -2.12. The smallest absolute Gasteiger partial charge is 0.174 e. The molecule has 17 heavy (non-hydrogen) atoms. The fraction of sp³-hybridized carbons (Fsp3) is 0.500. The first-order chi connectivity index (χ1) is 8.34. The predicted molar refractivity (Wildman–Crippen MR) is 69.9 cm³/mol. The third-order valence-electron chi connectivity index (χ3n) is 3.39. The largest absolute Gasteiger partial charge is 0.391 e. The van der Waals surface area contributed by atoms with Crippen LogP contribution in [0, 0.1) is 0 Å². The molecule has 2 aromatic rings. The summed E-state index contributed by atoms with van der Waals surface area (Å²) >= 11 is 1.58. The van der Waals surface area contributed by atoms with Crippen molar-refractivity contribution >= 4 is 16.3 Å². The monoisotopic (exact) mass is 248 g/mol. The van der Waals surface area contributed by atoms with E-state index in [1.807, 2.05) is 18.5 Å². The molecule has 1 aliphatic carbocycles. The molecule has 3 rings (SSSR count). The summed E-state index contributed by atoms with van der Waals surface area (Å²) < 4.78 is 2.23. The molecule has 0 unspecified atom stereocenters. The molecule has 0 amide bonds. The van der Waals surface area contributed by atoms with Gasteiger partial charge in [0, 0.05) is 6.04 Å². The van der Waals surface area contributed by atoms with Crippen molar-refractivity contribution in [3.8, 4) is 10.7 Å². The SMILES string of the molecule is Nc1ccc(-c2nncn2C2CCCCC2)s1. The zero-order chi connectivity index (χ0) is 11.7. The van der Waals surface area contributed by atoms with E-state index < -0.39 is 0 Å². The van der Waals surface area contributed by atoms with E-state index in [4.69, 9.17) is 5.73 Å². The van der Waals surface area contributed by atoms with Gasteiger partial charge in [-0.25, -0.2) is 0 Å². The van der Waals surface area contributed by atoms with Crippen LogP contribution in [0.25, 0.3) is 10.7 Å². The summed E-state index contributed by atoms with van der Waals surface area (Å²) in [4.78, 5) is 1.12. The fourth-order valence-electron chi connectivity index (χ4n) is 2.52. The van der Waals surface area contributed by atoms with Gasteiger partial charge in [-0.3, -0.25) is 0 Å². The van der Waals surface area contributed by atoms with Gasteiger partial charge in [0.05, 0.1) is 9.88 Å². The predicted octanol–water partition coefficient (Wildman–Crippen LogP) is 3.09. The molecule has 0 aliphatic heterocycles. The van der Waals surface area contributed by atoms with Crippen LogP contribution in [0.4, 0.5) is 5.00 Å². The second-order valence-electron chi connectivity index (χ2n) is 4.56. The Bertz CT molecular complexity index is 496. The van der Waals surface area contributed by atoms with E-state index in [0.29, 0.717) is 6.04 Å². The number of hydrogen-bond donors (Lipinski definition) is 1. The molecule has 4 nitrogen and oxygen atoms in total. The first-order valence-corrected chi connectivity index (χ1v) is 6.91. The lowest BCUT2D eigenvalue weighted by Gasteiger charge is -2.23. The Morgan fingerprint density at radius 1 is 1.24 bits per heavy atom. The molecule has 2 N–H and O–H groups in total. The molecule has 0 spiro atoms. The van der Waals surface area contributed by atoms with Gasteiger partial charge in [-0.15, -0.1) is 21.5 Å². The Morgan fingerprint density at radius 3 is 2.76 bits per heavy atom. The molecule has 0 atom stereocenters. The lowest BCUT2D eigenvalue weighted by molar-refractivity contribution is 0.355. The highest BCUT2D eigenvalue weighted by atomic mass is 32.1. The summed E-state index contributed by atoms with van der Waals surface area (Å²) in [5.74, 6) is 0.971. The van der Waals surface area contributed by atoms with Gasteiger partial charge < -0.3 is 10.3 Å². The quantitative estimate of drug-likeness (QED) is 0.888. The average molecular weight is 248 g/mol. The van der Waals surface area contributed by atoms with E-state index in [1.165, 1.54) is 32.1 Å². The van der Waals surface area contributed by atoms with Crippen molar-refractivity contribution in [1.29, 1.82) is 0 Å². The maximum atomic E-state index is 5.77. The zero-order valence-corrected chi connectivity index (χ0v) is 10.5. The second-order valence-corrected chi connectivity index (χ2v) is 5.67. The number of nitrogens with zero attached hydrogens (tertiary/aromatic N) is 3. The average Bonchev–Trinajstić information content (AvgIpc) is 2.98. The van der Waals surface area contributed by atoms with Crippen molar-refractivity contribution in [2.45, 2.75) is 38.1 Å². The standard InChI is InChI=1S/C12H16N4S/c13-11-7-6-10(17-11)12-15-14-8-16(12)9-4-2-1-3-5-9/h6-9H,1-5,13H2. The molecule has 90 valence electrons. The van der Waals surface area contributed by atoms with Crippen molar-refractivity contribution in [2.24, 2.45) is 0 Å². The molecule has 2 aromatic heterocycles. The summed E-state index contributed by atoms with van der Waals surface area (Å²) in [6, 6.07) is 4.53. The van der Waals surface area contributed by atoms with Gasteiger partial charge >= 0.3 is 0 Å². The van der Waals surface area contributed by atoms with Crippen LogP contribution in [-0.4, -0.2) is 14.8 Å². The highest BCUT2D eigenvalue weighted by Crippen LogP contribution is 2.34. The number of nitrogen functional groups attached to an aromatic ring is 1.